The summed E-state index contributed by atoms with van der Waals surface area (Å²) in [7, 11) is -4.45. The fourth-order valence-corrected chi connectivity index (χ4v) is 5.10. The smallest absolute Gasteiger partial charge is 0.289 e. The van der Waals surface area contributed by atoms with E-state index in [1.807, 2.05) is 4.72 Å². The van der Waals surface area contributed by atoms with Gasteiger partial charge in [0.15, 0.2) is 4.90 Å². The molecule has 152 valence electrons. The van der Waals surface area contributed by atoms with E-state index in [0.717, 1.165) is 30.0 Å². The Balaban J connectivity index is 1.54. The Bertz CT molecular complexity index is 889. The van der Waals surface area contributed by atoms with Crippen molar-refractivity contribution in [3.05, 3.63) is 29.8 Å². The van der Waals surface area contributed by atoms with Gasteiger partial charge in [-0.05, 0) is 18.6 Å². The number of hydrogen-bond donors (Lipinski definition) is 1. The molecule has 0 aromatic heterocycles. The van der Waals surface area contributed by atoms with Gasteiger partial charge >= 0.3 is 0 Å². The Morgan fingerprint density at radius 1 is 1.25 bits per heavy atom. The van der Waals surface area contributed by atoms with Crippen molar-refractivity contribution >= 4 is 38.8 Å². The number of sulfonamides is 1. The maximum atomic E-state index is 13.6. The highest BCUT2D eigenvalue weighted by molar-refractivity contribution is 8.14. The number of rotatable bonds is 6. The second-order valence-electron chi connectivity index (χ2n) is 6.30. The molecule has 2 saturated heterocycles. The van der Waals surface area contributed by atoms with Crippen molar-refractivity contribution in [3.63, 3.8) is 0 Å². The molecule has 2 aliphatic heterocycles. The highest BCUT2D eigenvalue weighted by Crippen LogP contribution is 2.26. The van der Waals surface area contributed by atoms with Gasteiger partial charge in [0.2, 0.25) is 21.8 Å². The van der Waals surface area contributed by atoms with Crippen LogP contribution in [0.25, 0.3) is 0 Å². The summed E-state index contributed by atoms with van der Waals surface area (Å²) in [5, 5.41) is -0.330. The first-order valence-corrected chi connectivity index (χ1v) is 10.9. The minimum atomic E-state index is -4.45. The molecule has 1 unspecified atom stereocenters. The lowest BCUT2D eigenvalue weighted by Gasteiger charge is -2.22. The van der Waals surface area contributed by atoms with Crippen LogP contribution in [0.4, 0.5) is 13.6 Å². The molecule has 28 heavy (non-hydrogen) atoms. The normalized spacial score (nSPS) is 20.3. The molecular weight excluding hydrogens is 416 g/mol. The second-order valence-corrected chi connectivity index (χ2v) is 8.93. The summed E-state index contributed by atoms with van der Waals surface area (Å²) < 4.78 is 53.4. The molecule has 1 N–H and O–H groups in total. The Hall–Kier alpha value is -2.05. The van der Waals surface area contributed by atoms with Gasteiger partial charge in [0.1, 0.15) is 11.6 Å². The van der Waals surface area contributed by atoms with E-state index in [0.29, 0.717) is 13.0 Å². The molecule has 0 aliphatic carbocycles. The summed E-state index contributed by atoms with van der Waals surface area (Å²) in [5.41, 5.74) is 0. The summed E-state index contributed by atoms with van der Waals surface area (Å²) in [6, 6.07) is 2.31. The molecule has 2 aliphatic rings. The van der Waals surface area contributed by atoms with Crippen molar-refractivity contribution < 1.29 is 31.6 Å². The summed E-state index contributed by atoms with van der Waals surface area (Å²) in [5.74, 6) is -3.02. The van der Waals surface area contributed by atoms with E-state index < -0.39 is 26.6 Å². The van der Waals surface area contributed by atoms with Crippen LogP contribution in [0.15, 0.2) is 23.1 Å². The summed E-state index contributed by atoms with van der Waals surface area (Å²) >= 11 is 0.923. The third-order valence-corrected chi connectivity index (χ3v) is 6.83. The van der Waals surface area contributed by atoms with Crippen LogP contribution in [0.2, 0.25) is 0 Å². The number of benzene rings is 1. The maximum Gasteiger partial charge on any atom is 0.289 e. The maximum absolute atomic E-state index is 13.6. The van der Waals surface area contributed by atoms with Gasteiger partial charge in [-0.2, -0.15) is 0 Å². The average molecular weight is 433 g/mol. The predicted octanol–water partition coefficient (Wildman–Crippen LogP) is 0.929. The Kier molecular flexibility index (Phi) is 6.01. The molecule has 3 amide bonds. The van der Waals surface area contributed by atoms with Crippen molar-refractivity contribution in [2.75, 3.05) is 25.4 Å². The summed E-state index contributed by atoms with van der Waals surface area (Å²) in [4.78, 5) is 37.3. The molecule has 0 radical (unpaired) electrons. The number of thioether (sulfide) groups is 1. The first-order valence-electron chi connectivity index (χ1n) is 8.41. The predicted molar refractivity (Wildman–Crippen MR) is 95.8 cm³/mol. The zero-order valence-electron chi connectivity index (χ0n) is 14.6. The molecule has 0 spiro atoms. The van der Waals surface area contributed by atoms with Crippen LogP contribution in [0.3, 0.4) is 0 Å². The molecule has 1 aromatic rings. The molecule has 8 nitrogen and oxygen atoms in total. The van der Waals surface area contributed by atoms with E-state index >= 15 is 0 Å². The van der Waals surface area contributed by atoms with Crippen molar-refractivity contribution in [3.8, 4) is 0 Å². The number of carbonyl (C=O) groups excluding carboxylic acids is 3. The zero-order valence-corrected chi connectivity index (χ0v) is 16.2. The SMILES string of the molecule is O=C(CCNS(=O)(=O)c1c(F)cccc1F)N1CCC(N2C(=O)CSC2=O)C1. The first kappa shape index (κ1) is 20.7. The highest BCUT2D eigenvalue weighted by atomic mass is 32.2. The number of likely N-dealkylation sites (tertiary alicyclic amines) is 1. The molecule has 12 heteroatoms. The average Bonchev–Trinajstić information content (AvgIpc) is 3.21. The summed E-state index contributed by atoms with van der Waals surface area (Å²) in [6.07, 6.45) is 0.231. The van der Waals surface area contributed by atoms with Gasteiger partial charge in [-0.25, -0.2) is 21.9 Å². The van der Waals surface area contributed by atoms with Crippen molar-refractivity contribution in [1.29, 1.82) is 0 Å². The Morgan fingerprint density at radius 2 is 1.93 bits per heavy atom. The van der Waals surface area contributed by atoms with E-state index in [1.54, 1.807) is 0 Å². The largest absolute Gasteiger partial charge is 0.340 e. The van der Waals surface area contributed by atoms with Crippen LogP contribution in [-0.4, -0.2) is 66.7 Å². The van der Waals surface area contributed by atoms with Crippen LogP contribution in [0.1, 0.15) is 12.8 Å². The van der Waals surface area contributed by atoms with E-state index in [1.165, 1.54) is 9.80 Å². The standard InChI is InChI=1S/C16H17F2N3O5S2/c17-11-2-1-3-12(18)15(11)28(25,26)19-6-4-13(22)20-7-5-10(8-20)21-14(23)9-27-16(21)24/h1-3,10,19H,4-9H2. The third-order valence-electron chi connectivity index (χ3n) is 4.48. The number of nitrogens with one attached hydrogen (secondary N) is 1. The van der Waals surface area contributed by atoms with Crippen molar-refractivity contribution in [2.24, 2.45) is 0 Å². The topological polar surface area (TPSA) is 104 Å². The Labute approximate surface area is 164 Å². The molecule has 0 saturated carbocycles. The summed E-state index contributed by atoms with van der Waals surface area (Å²) in [6.45, 7) is 0.180. The van der Waals surface area contributed by atoms with E-state index in [-0.39, 0.29) is 48.4 Å². The number of carbonyl (C=O) groups is 3. The zero-order chi connectivity index (χ0) is 20.5. The minimum Gasteiger partial charge on any atom is -0.340 e. The highest BCUT2D eigenvalue weighted by Gasteiger charge is 2.40. The van der Waals surface area contributed by atoms with E-state index in [9.17, 15) is 31.6 Å². The number of hydrogen-bond acceptors (Lipinski definition) is 6. The quantitative estimate of drug-likeness (QED) is 0.716. The van der Waals surface area contributed by atoms with Crippen LogP contribution in [0, 0.1) is 11.6 Å². The van der Waals surface area contributed by atoms with Crippen LogP contribution >= 0.6 is 11.8 Å². The number of nitrogens with zero attached hydrogens (tertiary/aromatic N) is 2. The van der Waals surface area contributed by atoms with Gasteiger partial charge in [-0.3, -0.25) is 19.3 Å². The van der Waals surface area contributed by atoms with Gasteiger partial charge in [-0.1, -0.05) is 17.8 Å². The lowest BCUT2D eigenvalue weighted by molar-refractivity contribution is -0.131. The monoisotopic (exact) mass is 433 g/mol. The van der Waals surface area contributed by atoms with Crippen LogP contribution in [-0.2, 0) is 19.6 Å². The first-order chi connectivity index (χ1) is 13.2. The van der Waals surface area contributed by atoms with Gasteiger partial charge in [0.25, 0.3) is 5.24 Å². The molecular formula is C16H17F2N3O5S2. The van der Waals surface area contributed by atoms with Crippen LogP contribution < -0.4 is 4.72 Å². The fraction of sp³-hybridized carbons (Fsp3) is 0.438. The molecule has 3 rings (SSSR count). The number of imide groups is 1. The van der Waals surface area contributed by atoms with Crippen molar-refractivity contribution in [1.82, 2.24) is 14.5 Å². The van der Waals surface area contributed by atoms with Gasteiger partial charge < -0.3 is 4.90 Å². The minimum absolute atomic E-state index is 0.0949. The van der Waals surface area contributed by atoms with Gasteiger partial charge in [0, 0.05) is 26.1 Å². The van der Waals surface area contributed by atoms with E-state index in [4.69, 9.17) is 0 Å². The second kappa shape index (κ2) is 8.13. The number of amides is 3. The molecule has 1 aromatic carbocycles. The lowest BCUT2D eigenvalue weighted by atomic mass is 10.2. The third kappa shape index (κ3) is 4.18. The van der Waals surface area contributed by atoms with E-state index in [2.05, 4.69) is 0 Å². The lowest BCUT2D eigenvalue weighted by Crippen LogP contribution is -2.42. The molecule has 2 fully saturated rings. The van der Waals surface area contributed by atoms with Gasteiger partial charge in [0.05, 0.1) is 11.8 Å². The number of halogens is 2. The van der Waals surface area contributed by atoms with Gasteiger partial charge in [-0.15, -0.1) is 0 Å². The van der Waals surface area contributed by atoms with Crippen LogP contribution in [0.5, 0.6) is 0 Å². The van der Waals surface area contributed by atoms with Crippen molar-refractivity contribution in [2.45, 2.75) is 23.8 Å². The molecule has 1 atom stereocenters. The Morgan fingerprint density at radius 3 is 2.54 bits per heavy atom. The fourth-order valence-electron chi connectivity index (χ4n) is 3.16. The molecule has 2 heterocycles. The molecule has 0 bridgehead atoms.